The molecule has 0 fully saturated rings. The summed E-state index contributed by atoms with van der Waals surface area (Å²) in [6.07, 6.45) is 2.83. The number of ether oxygens (including phenoxy) is 2. The molecule has 0 aliphatic heterocycles. The van der Waals surface area contributed by atoms with E-state index in [0.29, 0.717) is 23.0 Å². The number of aryl methyl sites for hydroxylation is 1. The highest BCUT2D eigenvalue weighted by Crippen LogP contribution is 2.17. The fourth-order valence-corrected chi connectivity index (χ4v) is 1.55. The third-order valence-electron chi connectivity index (χ3n) is 2.35. The van der Waals surface area contributed by atoms with Crippen LogP contribution in [0.5, 0.6) is 0 Å². The molecule has 0 unspecified atom stereocenters. The van der Waals surface area contributed by atoms with Crippen LogP contribution in [0, 0.1) is 6.92 Å². The molecule has 0 saturated carbocycles. The summed E-state index contributed by atoms with van der Waals surface area (Å²) in [6.45, 7) is 1.82. The van der Waals surface area contributed by atoms with E-state index in [1.807, 2.05) is 6.92 Å². The van der Waals surface area contributed by atoms with Crippen LogP contribution in [0.25, 0.3) is 11.5 Å². The standard InChI is InChI=1S/C12H14N4O2/c1-8-13-6-4-9(15-8)11-14-7-5-10(16-11)12(17-2)18-3/h4-7,12H,1-3H3. The van der Waals surface area contributed by atoms with Gasteiger partial charge in [-0.05, 0) is 19.1 Å². The van der Waals surface area contributed by atoms with E-state index in [-0.39, 0.29) is 0 Å². The molecule has 0 atom stereocenters. The van der Waals surface area contributed by atoms with Crippen molar-refractivity contribution in [3.63, 3.8) is 0 Å². The number of hydrogen-bond acceptors (Lipinski definition) is 6. The van der Waals surface area contributed by atoms with Gasteiger partial charge in [0.1, 0.15) is 17.2 Å². The quantitative estimate of drug-likeness (QED) is 0.762. The lowest BCUT2D eigenvalue weighted by atomic mass is 10.3. The third kappa shape index (κ3) is 2.66. The Kier molecular flexibility index (Phi) is 3.91. The molecule has 2 heterocycles. The largest absolute Gasteiger partial charge is 0.350 e. The van der Waals surface area contributed by atoms with Gasteiger partial charge in [-0.2, -0.15) is 0 Å². The molecule has 0 amide bonds. The van der Waals surface area contributed by atoms with Crippen molar-refractivity contribution < 1.29 is 9.47 Å². The molecular weight excluding hydrogens is 232 g/mol. The van der Waals surface area contributed by atoms with Crippen molar-refractivity contribution in [3.05, 3.63) is 36.0 Å². The Morgan fingerprint density at radius 1 is 1.00 bits per heavy atom. The zero-order valence-corrected chi connectivity index (χ0v) is 10.5. The van der Waals surface area contributed by atoms with E-state index in [1.54, 1.807) is 38.7 Å². The second-order valence-corrected chi connectivity index (χ2v) is 3.60. The SMILES string of the molecule is COC(OC)c1ccnc(-c2ccnc(C)n2)n1. The molecule has 0 saturated heterocycles. The number of aromatic nitrogens is 4. The second-order valence-electron chi connectivity index (χ2n) is 3.60. The zero-order valence-electron chi connectivity index (χ0n) is 10.5. The number of nitrogens with zero attached hydrogens (tertiary/aromatic N) is 4. The lowest BCUT2D eigenvalue weighted by Gasteiger charge is -2.12. The molecule has 94 valence electrons. The van der Waals surface area contributed by atoms with Crippen LogP contribution in [-0.4, -0.2) is 34.2 Å². The maximum absolute atomic E-state index is 5.15. The van der Waals surface area contributed by atoms with Gasteiger partial charge in [-0.15, -0.1) is 0 Å². The maximum Gasteiger partial charge on any atom is 0.200 e. The summed E-state index contributed by atoms with van der Waals surface area (Å²) in [5.74, 6) is 1.20. The van der Waals surface area contributed by atoms with Crippen LogP contribution in [0.4, 0.5) is 0 Å². The van der Waals surface area contributed by atoms with Crippen LogP contribution >= 0.6 is 0 Å². The van der Waals surface area contributed by atoms with E-state index in [2.05, 4.69) is 19.9 Å². The average Bonchev–Trinajstić information content (AvgIpc) is 2.41. The Bertz CT molecular complexity index is 529. The number of rotatable bonds is 4. The predicted molar refractivity (Wildman–Crippen MR) is 64.6 cm³/mol. The number of hydrogen-bond donors (Lipinski definition) is 0. The first-order valence-corrected chi connectivity index (χ1v) is 5.43. The second kappa shape index (κ2) is 5.61. The maximum atomic E-state index is 5.15. The van der Waals surface area contributed by atoms with Gasteiger partial charge in [0, 0.05) is 26.6 Å². The summed E-state index contributed by atoms with van der Waals surface area (Å²) in [5.41, 5.74) is 1.33. The van der Waals surface area contributed by atoms with Gasteiger partial charge in [-0.25, -0.2) is 19.9 Å². The Labute approximate surface area is 105 Å². The first-order chi connectivity index (χ1) is 8.74. The first-order valence-electron chi connectivity index (χ1n) is 5.43. The van der Waals surface area contributed by atoms with Crippen LogP contribution in [0.2, 0.25) is 0 Å². The zero-order chi connectivity index (χ0) is 13.0. The van der Waals surface area contributed by atoms with Gasteiger partial charge in [-0.1, -0.05) is 0 Å². The van der Waals surface area contributed by atoms with Crippen LogP contribution in [0.3, 0.4) is 0 Å². The Balaban J connectivity index is 2.38. The minimum Gasteiger partial charge on any atom is -0.350 e. The molecule has 0 radical (unpaired) electrons. The molecule has 6 nitrogen and oxygen atoms in total. The molecule has 0 aromatic carbocycles. The molecular formula is C12H14N4O2. The summed E-state index contributed by atoms with van der Waals surface area (Å²) in [4.78, 5) is 16.9. The Morgan fingerprint density at radius 2 is 1.72 bits per heavy atom. The van der Waals surface area contributed by atoms with Crippen molar-refractivity contribution >= 4 is 0 Å². The summed E-state index contributed by atoms with van der Waals surface area (Å²) >= 11 is 0. The van der Waals surface area contributed by atoms with Gasteiger partial charge in [0.15, 0.2) is 5.82 Å². The van der Waals surface area contributed by atoms with Crippen molar-refractivity contribution in [2.45, 2.75) is 13.2 Å². The Hall–Kier alpha value is -1.92. The lowest BCUT2D eigenvalue weighted by Crippen LogP contribution is -2.07. The fourth-order valence-electron chi connectivity index (χ4n) is 1.55. The molecule has 0 spiro atoms. The van der Waals surface area contributed by atoms with Crippen LogP contribution < -0.4 is 0 Å². The molecule has 2 aromatic rings. The van der Waals surface area contributed by atoms with E-state index in [4.69, 9.17) is 9.47 Å². The van der Waals surface area contributed by atoms with Gasteiger partial charge >= 0.3 is 0 Å². The van der Waals surface area contributed by atoms with Gasteiger partial charge in [0.25, 0.3) is 0 Å². The highest BCUT2D eigenvalue weighted by molar-refractivity contribution is 5.47. The normalized spacial score (nSPS) is 10.9. The van der Waals surface area contributed by atoms with Gasteiger partial charge in [-0.3, -0.25) is 0 Å². The smallest absolute Gasteiger partial charge is 0.200 e. The third-order valence-corrected chi connectivity index (χ3v) is 2.35. The Morgan fingerprint density at radius 3 is 2.39 bits per heavy atom. The van der Waals surface area contributed by atoms with Crippen LogP contribution in [0.15, 0.2) is 24.5 Å². The molecule has 0 aliphatic rings. The van der Waals surface area contributed by atoms with Gasteiger partial charge < -0.3 is 9.47 Å². The van der Waals surface area contributed by atoms with Crippen molar-refractivity contribution in [2.24, 2.45) is 0 Å². The molecule has 6 heteroatoms. The number of methoxy groups -OCH3 is 2. The topological polar surface area (TPSA) is 70.0 Å². The molecule has 18 heavy (non-hydrogen) atoms. The van der Waals surface area contributed by atoms with E-state index in [1.165, 1.54) is 0 Å². The van der Waals surface area contributed by atoms with E-state index in [9.17, 15) is 0 Å². The van der Waals surface area contributed by atoms with Crippen molar-refractivity contribution in [1.29, 1.82) is 0 Å². The van der Waals surface area contributed by atoms with Crippen molar-refractivity contribution in [2.75, 3.05) is 14.2 Å². The summed E-state index contributed by atoms with van der Waals surface area (Å²) in [7, 11) is 3.12. The van der Waals surface area contributed by atoms with Crippen molar-refractivity contribution in [1.82, 2.24) is 19.9 Å². The van der Waals surface area contributed by atoms with Crippen LogP contribution in [-0.2, 0) is 9.47 Å². The predicted octanol–water partition coefficient (Wildman–Crippen LogP) is 1.53. The summed E-state index contributed by atoms with van der Waals surface area (Å²) in [5, 5.41) is 0. The molecule has 0 aliphatic carbocycles. The van der Waals surface area contributed by atoms with E-state index in [0.717, 1.165) is 0 Å². The van der Waals surface area contributed by atoms with Crippen molar-refractivity contribution in [3.8, 4) is 11.5 Å². The average molecular weight is 246 g/mol. The fraction of sp³-hybridized carbons (Fsp3) is 0.333. The molecule has 2 aromatic heterocycles. The first kappa shape index (κ1) is 12.5. The summed E-state index contributed by atoms with van der Waals surface area (Å²) in [6, 6.07) is 3.51. The van der Waals surface area contributed by atoms with Gasteiger partial charge in [0.2, 0.25) is 6.29 Å². The molecule has 0 N–H and O–H groups in total. The minimum atomic E-state index is -0.505. The summed E-state index contributed by atoms with van der Waals surface area (Å²) < 4.78 is 10.3. The highest BCUT2D eigenvalue weighted by atomic mass is 16.7. The molecule has 2 rings (SSSR count). The minimum absolute atomic E-state index is 0.505. The highest BCUT2D eigenvalue weighted by Gasteiger charge is 2.12. The van der Waals surface area contributed by atoms with E-state index >= 15 is 0 Å². The molecule has 0 bridgehead atoms. The van der Waals surface area contributed by atoms with Gasteiger partial charge in [0.05, 0.1) is 0 Å². The lowest BCUT2D eigenvalue weighted by molar-refractivity contribution is -0.108. The van der Waals surface area contributed by atoms with E-state index < -0.39 is 6.29 Å². The van der Waals surface area contributed by atoms with Crippen LogP contribution in [0.1, 0.15) is 17.8 Å². The monoisotopic (exact) mass is 246 g/mol.